The number of aryl methyl sites for hydroxylation is 2. The van der Waals surface area contributed by atoms with Gasteiger partial charge in [0.15, 0.2) is 0 Å². The van der Waals surface area contributed by atoms with Gasteiger partial charge < -0.3 is 9.88 Å². The van der Waals surface area contributed by atoms with Crippen LogP contribution in [0.15, 0.2) is 46.5 Å². The second-order valence-corrected chi connectivity index (χ2v) is 8.24. The van der Waals surface area contributed by atoms with Crippen LogP contribution >= 0.6 is 27.3 Å². The van der Waals surface area contributed by atoms with E-state index >= 15 is 0 Å². The molecular formula is C18H20BrN3OS. The number of para-hydroxylation sites is 2. The lowest BCUT2D eigenvalue weighted by Crippen LogP contribution is -2.25. The summed E-state index contributed by atoms with van der Waals surface area (Å²) in [7, 11) is 0. The van der Waals surface area contributed by atoms with E-state index < -0.39 is 0 Å². The highest BCUT2D eigenvalue weighted by Crippen LogP contribution is 2.23. The molecule has 0 aliphatic rings. The molecule has 1 aromatic carbocycles. The minimum Gasteiger partial charge on any atom is -0.356 e. The number of thiophene rings is 1. The molecule has 6 heteroatoms. The Morgan fingerprint density at radius 3 is 2.92 bits per heavy atom. The van der Waals surface area contributed by atoms with E-state index in [0.29, 0.717) is 13.0 Å². The maximum atomic E-state index is 11.9. The zero-order chi connectivity index (χ0) is 16.8. The standard InChI is InChI=1S/C18H20BrN3OS/c19-17-10-9-14(24-17)5-3-8-18(23)20-11-4-12-22-13-21-15-6-1-2-7-16(15)22/h1-2,6-7,9-10,13H,3-5,8,11-12H2,(H,20,23). The van der Waals surface area contributed by atoms with Crippen LogP contribution in [0, 0.1) is 0 Å². The minimum absolute atomic E-state index is 0.140. The number of nitrogens with one attached hydrogen (secondary N) is 1. The molecule has 0 unspecified atom stereocenters. The number of nitrogens with zero attached hydrogens (tertiary/aromatic N) is 2. The van der Waals surface area contributed by atoms with Crippen molar-refractivity contribution in [3.8, 4) is 0 Å². The van der Waals surface area contributed by atoms with E-state index in [0.717, 1.165) is 40.6 Å². The number of hydrogen-bond donors (Lipinski definition) is 1. The highest BCUT2D eigenvalue weighted by molar-refractivity contribution is 9.11. The number of carbonyl (C=O) groups is 1. The van der Waals surface area contributed by atoms with E-state index in [9.17, 15) is 4.79 Å². The molecule has 1 amide bonds. The number of carbonyl (C=O) groups excluding carboxylic acids is 1. The van der Waals surface area contributed by atoms with E-state index in [-0.39, 0.29) is 5.91 Å². The van der Waals surface area contributed by atoms with Gasteiger partial charge >= 0.3 is 0 Å². The summed E-state index contributed by atoms with van der Waals surface area (Å²) in [6.45, 7) is 1.57. The lowest BCUT2D eigenvalue weighted by Gasteiger charge is -2.06. The predicted octanol–water partition coefficient (Wildman–Crippen LogP) is 4.39. The van der Waals surface area contributed by atoms with Gasteiger partial charge in [-0.25, -0.2) is 4.98 Å². The summed E-state index contributed by atoms with van der Waals surface area (Å²) < 4.78 is 3.28. The van der Waals surface area contributed by atoms with Crippen LogP contribution in [-0.2, 0) is 17.8 Å². The molecular weight excluding hydrogens is 386 g/mol. The smallest absolute Gasteiger partial charge is 0.220 e. The van der Waals surface area contributed by atoms with E-state index in [1.165, 1.54) is 4.88 Å². The molecule has 2 aromatic heterocycles. The summed E-state index contributed by atoms with van der Waals surface area (Å²) in [6, 6.07) is 12.3. The first-order valence-electron chi connectivity index (χ1n) is 8.13. The Kier molecular flexibility index (Phi) is 6.04. The van der Waals surface area contributed by atoms with Crippen LogP contribution in [0.5, 0.6) is 0 Å². The molecule has 1 N–H and O–H groups in total. The Hall–Kier alpha value is -1.66. The summed E-state index contributed by atoms with van der Waals surface area (Å²) in [4.78, 5) is 17.6. The zero-order valence-electron chi connectivity index (χ0n) is 13.4. The van der Waals surface area contributed by atoms with Gasteiger partial charge in [-0.15, -0.1) is 11.3 Å². The van der Waals surface area contributed by atoms with Gasteiger partial charge in [-0.1, -0.05) is 12.1 Å². The van der Waals surface area contributed by atoms with E-state index in [1.54, 1.807) is 11.3 Å². The van der Waals surface area contributed by atoms with Crippen molar-refractivity contribution in [3.05, 3.63) is 51.4 Å². The molecule has 0 saturated carbocycles. The van der Waals surface area contributed by atoms with Gasteiger partial charge in [-0.2, -0.15) is 0 Å². The fourth-order valence-corrected chi connectivity index (χ4v) is 4.19. The molecule has 0 aliphatic heterocycles. The monoisotopic (exact) mass is 405 g/mol. The summed E-state index contributed by atoms with van der Waals surface area (Å²) >= 11 is 5.20. The molecule has 3 aromatic rings. The molecule has 0 fully saturated rings. The number of rotatable bonds is 8. The van der Waals surface area contributed by atoms with Crippen LogP contribution < -0.4 is 5.32 Å². The summed E-state index contributed by atoms with van der Waals surface area (Å²) in [6.07, 6.45) is 5.22. The number of benzene rings is 1. The van der Waals surface area contributed by atoms with E-state index in [2.05, 4.69) is 49.0 Å². The predicted molar refractivity (Wildman–Crippen MR) is 102 cm³/mol. The Bertz CT molecular complexity index is 811. The van der Waals surface area contributed by atoms with Crippen LogP contribution in [-0.4, -0.2) is 22.0 Å². The number of amides is 1. The maximum absolute atomic E-state index is 11.9. The third-order valence-corrected chi connectivity index (χ3v) is 5.56. The molecule has 126 valence electrons. The number of hydrogen-bond acceptors (Lipinski definition) is 3. The van der Waals surface area contributed by atoms with Crippen molar-refractivity contribution >= 4 is 44.2 Å². The van der Waals surface area contributed by atoms with Gasteiger partial charge in [0, 0.05) is 24.4 Å². The molecule has 0 saturated heterocycles. The highest BCUT2D eigenvalue weighted by atomic mass is 79.9. The maximum Gasteiger partial charge on any atom is 0.220 e. The minimum atomic E-state index is 0.140. The molecule has 0 radical (unpaired) electrons. The van der Waals surface area contributed by atoms with Gasteiger partial charge in [0.1, 0.15) is 0 Å². The number of aromatic nitrogens is 2. The molecule has 0 atom stereocenters. The quantitative estimate of drug-likeness (QED) is 0.564. The molecule has 0 aliphatic carbocycles. The SMILES string of the molecule is O=C(CCCc1ccc(Br)s1)NCCCn1cnc2ccccc21. The Balaban J connectivity index is 1.33. The fourth-order valence-electron chi connectivity index (χ4n) is 2.66. The Labute approximate surface area is 154 Å². The molecule has 0 spiro atoms. The first-order valence-corrected chi connectivity index (χ1v) is 9.74. The Morgan fingerprint density at radius 1 is 1.21 bits per heavy atom. The van der Waals surface area contributed by atoms with Gasteiger partial charge in [-0.05, 0) is 59.5 Å². The topological polar surface area (TPSA) is 46.9 Å². The summed E-state index contributed by atoms with van der Waals surface area (Å²) in [5, 5.41) is 3.01. The van der Waals surface area contributed by atoms with Crippen LogP contribution in [0.1, 0.15) is 24.1 Å². The van der Waals surface area contributed by atoms with Crippen molar-refractivity contribution in [1.82, 2.24) is 14.9 Å². The average Bonchev–Trinajstić information content (AvgIpc) is 3.18. The second kappa shape index (κ2) is 8.44. The van der Waals surface area contributed by atoms with Crippen molar-refractivity contribution in [2.24, 2.45) is 0 Å². The van der Waals surface area contributed by atoms with Crippen molar-refractivity contribution in [1.29, 1.82) is 0 Å². The molecule has 0 bridgehead atoms. The third-order valence-electron chi connectivity index (χ3n) is 3.88. The van der Waals surface area contributed by atoms with Crippen LogP contribution in [0.3, 0.4) is 0 Å². The summed E-state index contributed by atoms with van der Waals surface area (Å²) in [5.74, 6) is 0.140. The van der Waals surface area contributed by atoms with Gasteiger partial charge in [0.2, 0.25) is 5.91 Å². The van der Waals surface area contributed by atoms with Crippen molar-refractivity contribution in [2.75, 3.05) is 6.54 Å². The van der Waals surface area contributed by atoms with Crippen molar-refractivity contribution in [2.45, 2.75) is 32.2 Å². The Morgan fingerprint density at radius 2 is 2.08 bits per heavy atom. The van der Waals surface area contributed by atoms with E-state index in [1.807, 2.05) is 24.5 Å². The lowest BCUT2D eigenvalue weighted by molar-refractivity contribution is -0.121. The third kappa shape index (κ3) is 4.68. The van der Waals surface area contributed by atoms with Crippen molar-refractivity contribution in [3.63, 3.8) is 0 Å². The number of halogens is 1. The largest absolute Gasteiger partial charge is 0.356 e. The molecule has 3 rings (SSSR count). The fraction of sp³-hybridized carbons (Fsp3) is 0.333. The normalized spacial score (nSPS) is 11.0. The van der Waals surface area contributed by atoms with Gasteiger partial charge in [0.05, 0.1) is 21.1 Å². The number of fused-ring (bicyclic) bond motifs is 1. The van der Waals surface area contributed by atoms with Crippen molar-refractivity contribution < 1.29 is 4.79 Å². The van der Waals surface area contributed by atoms with Gasteiger partial charge in [-0.3, -0.25) is 4.79 Å². The second-order valence-electron chi connectivity index (χ2n) is 5.69. The zero-order valence-corrected chi connectivity index (χ0v) is 15.8. The molecule has 4 nitrogen and oxygen atoms in total. The van der Waals surface area contributed by atoms with Gasteiger partial charge in [0.25, 0.3) is 0 Å². The van der Waals surface area contributed by atoms with Crippen LogP contribution in [0.2, 0.25) is 0 Å². The number of imidazole rings is 1. The average molecular weight is 406 g/mol. The molecule has 24 heavy (non-hydrogen) atoms. The first kappa shape index (κ1) is 17.2. The van der Waals surface area contributed by atoms with E-state index in [4.69, 9.17) is 0 Å². The highest BCUT2D eigenvalue weighted by Gasteiger charge is 2.04. The molecule has 2 heterocycles. The first-order chi connectivity index (χ1) is 11.7. The lowest BCUT2D eigenvalue weighted by atomic mass is 10.2. The van der Waals surface area contributed by atoms with Crippen LogP contribution in [0.25, 0.3) is 11.0 Å². The van der Waals surface area contributed by atoms with Crippen LogP contribution in [0.4, 0.5) is 0 Å². The summed E-state index contributed by atoms with van der Waals surface area (Å²) in [5.41, 5.74) is 2.16.